The molecule has 1 aliphatic heterocycles. The SMILES string of the molecule is Nc1cc(NCC2CCCOC2)nc(C2CC2)n1. The van der Waals surface area contributed by atoms with Crippen molar-refractivity contribution in [2.24, 2.45) is 5.92 Å². The standard InChI is InChI=1S/C13H20N4O/c14-11-6-12(17-13(16-11)10-3-4-10)15-7-9-2-1-5-18-8-9/h6,9-10H,1-5,7-8H2,(H3,14,15,16,17). The van der Waals surface area contributed by atoms with Gasteiger partial charge in [-0.25, -0.2) is 9.97 Å². The predicted octanol–water partition coefficient (Wildman–Crippen LogP) is 1.77. The van der Waals surface area contributed by atoms with E-state index in [2.05, 4.69) is 15.3 Å². The first-order valence-electron chi connectivity index (χ1n) is 6.77. The molecule has 2 fully saturated rings. The number of nitrogens with two attached hydrogens (primary N) is 1. The molecule has 0 spiro atoms. The fourth-order valence-electron chi connectivity index (χ4n) is 2.32. The largest absolute Gasteiger partial charge is 0.384 e. The van der Waals surface area contributed by atoms with Crippen LogP contribution in [0.25, 0.3) is 0 Å². The lowest BCUT2D eigenvalue weighted by Crippen LogP contribution is -2.24. The summed E-state index contributed by atoms with van der Waals surface area (Å²) < 4.78 is 5.47. The first-order valence-corrected chi connectivity index (χ1v) is 6.77. The minimum atomic E-state index is 0.534. The summed E-state index contributed by atoms with van der Waals surface area (Å²) in [6.45, 7) is 2.66. The summed E-state index contributed by atoms with van der Waals surface area (Å²) in [4.78, 5) is 8.83. The number of rotatable bonds is 4. The average Bonchev–Trinajstić information content (AvgIpc) is 3.21. The zero-order valence-electron chi connectivity index (χ0n) is 10.6. The second-order valence-corrected chi connectivity index (χ2v) is 5.27. The van der Waals surface area contributed by atoms with Crippen LogP contribution in [-0.4, -0.2) is 29.7 Å². The minimum Gasteiger partial charge on any atom is -0.384 e. The van der Waals surface area contributed by atoms with Gasteiger partial charge in [-0.05, 0) is 31.6 Å². The first kappa shape index (κ1) is 11.7. The van der Waals surface area contributed by atoms with E-state index in [1.54, 1.807) is 0 Å². The summed E-state index contributed by atoms with van der Waals surface area (Å²) in [7, 11) is 0. The molecule has 5 heteroatoms. The van der Waals surface area contributed by atoms with Crippen molar-refractivity contribution in [3.05, 3.63) is 11.9 Å². The number of aromatic nitrogens is 2. The molecule has 1 aromatic heterocycles. The van der Waals surface area contributed by atoms with Crippen molar-refractivity contribution in [2.45, 2.75) is 31.6 Å². The summed E-state index contributed by atoms with van der Waals surface area (Å²) in [5, 5.41) is 3.37. The van der Waals surface area contributed by atoms with Gasteiger partial charge in [0.15, 0.2) is 0 Å². The Labute approximate surface area is 107 Å². The van der Waals surface area contributed by atoms with Crippen LogP contribution in [0.5, 0.6) is 0 Å². The van der Waals surface area contributed by atoms with Crippen molar-refractivity contribution in [3.8, 4) is 0 Å². The van der Waals surface area contributed by atoms with Crippen LogP contribution in [0.15, 0.2) is 6.07 Å². The Bertz CT molecular complexity index is 413. The predicted molar refractivity (Wildman–Crippen MR) is 70.5 cm³/mol. The number of hydrogen-bond donors (Lipinski definition) is 2. The highest BCUT2D eigenvalue weighted by Crippen LogP contribution is 2.38. The van der Waals surface area contributed by atoms with Gasteiger partial charge in [-0.15, -0.1) is 0 Å². The summed E-state index contributed by atoms with van der Waals surface area (Å²) in [6.07, 6.45) is 4.77. The molecule has 5 nitrogen and oxygen atoms in total. The van der Waals surface area contributed by atoms with Gasteiger partial charge >= 0.3 is 0 Å². The molecule has 18 heavy (non-hydrogen) atoms. The van der Waals surface area contributed by atoms with Gasteiger partial charge in [-0.1, -0.05) is 0 Å². The van der Waals surface area contributed by atoms with E-state index in [0.29, 0.717) is 17.7 Å². The van der Waals surface area contributed by atoms with E-state index in [1.807, 2.05) is 6.07 Å². The maximum atomic E-state index is 5.82. The van der Waals surface area contributed by atoms with Gasteiger partial charge in [0, 0.05) is 25.1 Å². The van der Waals surface area contributed by atoms with Crippen molar-refractivity contribution >= 4 is 11.6 Å². The Morgan fingerprint density at radius 2 is 2.22 bits per heavy atom. The van der Waals surface area contributed by atoms with Crippen LogP contribution >= 0.6 is 0 Å². The maximum absolute atomic E-state index is 5.82. The molecule has 1 saturated carbocycles. The van der Waals surface area contributed by atoms with Gasteiger partial charge in [0.25, 0.3) is 0 Å². The highest BCUT2D eigenvalue weighted by Gasteiger charge is 2.27. The van der Waals surface area contributed by atoms with Crippen LogP contribution in [0.1, 0.15) is 37.4 Å². The zero-order valence-corrected chi connectivity index (χ0v) is 10.6. The van der Waals surface area contributed by atoms with Crippen LogP contribution in [0, 0.1) is 5.92 Å². The second kappa shape index (κ2) is 5.10. The molecule has 1 saturated heterocycles. The van der Waals surface area contributed by atoms with Gasteiger partial charge < -0.3 is 15.8 Å². The Balaban J connectivity index is 1.60. The first-order chi connectivity index (χ1) is 8.81. The zero-order chi connectivity index (χ0) is 12.4. The molecule has 3 N–H and O–H groups in total. The van der Waals surface area contributed by atoms with Crippen molar-refractivity contribution in [1.29, 1.82) is 0 Å². The van der Waals surface area contributed by atoms with Crippen LogP contribution < -0.4 is 11.1 Å². The Morgan fingerprint density at radius 3 is 2.94 bits per heavy atom. The van der Waals surface area contributed by atoms with Crippen molar-refractivity contribution in [1.82, 2.24) is 9.97 Å². The average molecular weight is 248 g/mol. The van der Waals surface area contributed by atoms with Crippen molar-refractivity contribution < 1.29 is 4.74 Å². The number of ether oxygens (including phenoxy) is 1. The molecule has 1 aromatic rings. The van der Waals surface area contributed by atoms with Gasteiger partial charge in [-0.3, -0.25) is 0 Å². The molecular formula is C13H20N4O. The Morgan fingerprint density at radius 1 is 1.33 bits per heavy atom. The van der Waals surface area contributed by atoms with Gasteiger partial charge in [-0.2, -0.15) is 0 Å². The smallest absolute Gasteiger partial charge is 0.136 e. The lowest BCUT2D eigenvalue weighted by molar-refractivity contribution is 0.0595. The normalized spacial score (nSPS) is 23.9. The molecule has 0 amide bonds. The van der Waals surface area contributed by atoms with Crippen LogP contribution in [0.2, 0.25) is 0 Å². The quantitative estimate of drug-likeness (QED) is 0.849. The summed E-state index contributed by atoms with van der Waals surface area (Å²) in [6, 6.07) is 1.82. The van der Waals surface area contributed by atoms with Crippen molar-refractivity contribution in [3.63, 3.8) is 0 Å². The molecule has 2 aliphatic rings. The maximum Gasteiger partial charge on any atom is 0.136 e. The topological polar surface area (TPSA) is 73.1 Å². The Kier molecular flexibility index (Phi) is 3.32. The minimum absolute atomic E-state index is 0.534. The van der Waals surface area contributed by atoms with Crippen LogP contribution in [-0.2, 0) is 4.74 Å². The molecule has 3 rings (SSSR count). The third-order valence-corrected chi connectivity index (χ3v) is 3.53. The van der Waals surface area contributed by atoms with E-state index >= 15 is 0 Å². The number of nitrogen functional groups attached to an aromatic ring is 1. The van der Waals surface area contributed by atoms with E-state index in [4.69, 9.17) is 10.5 Å². The monoisotopic (exact) mass is 248 g/mol. The molecule has 1 aliphatic carbocycles. The summed E-state index contributed by atoms with van der Waals surface area (Å²) in [5.74, 6) is 3.44. The molecule has 0 radical (unpaired) electrons. The van der Waals surface area contributed by atoms with Crippen LogP contribution in [0.4, 0.5) is 11.6 Å². The molecule has 2 heterocycles. The van der Waals surface area contributed by atoms with Crippen LogP contribution in [0.3, 0.4) is 0 Å². The van der Waals surface area contributed by atoms with Gasteiger partial charge in [0.2, 0.25) is 0 Å². The highest BCUT2D eigenvalue weighted by atomic mass is 16.5. The number of anilines is 2. The van der Waals surface area contributed by atoms with Gasteiger partial charge in [0.05, 0.1) is 6.61 Å². The molecule has 1 unspecified atom stereocenters. The lowest BCUT2D eigenvalue weighted by atomic mass is 10.0. The number of hydrogen-bond acceptors (Lipinski definition) is 5. The van der Waals surface area contributed by atoms with Crippen molar-refractivity contribution in [2.75, 3.05) is 30.8 Å². The molecular weight excluding hydrogens is 228 g/mol. The number of nitrogens with one attached hydrogen (secondary N) is 1. The molecule has 1 atom stereocenters. The summed E-state index contributed by atoms with van der Waals surface area (Å²) in [5.41, 5.74) is 5.82. The molecule has 98 valence electrons. The molecule has 0 bridgehead atoms. The third kappa shape index (κ3) is 2.90. The Hall–Kier alpha value is -1.36. The molecule has 0 aromatic carbocycles. The third-order valence-electron chi connectivity index (χ3n) is 3.53. The van der Waals surface area contributed by atoms with Gasteiger partial charge in [0.1, 0.15) is 17.5 Å². The fraction of sp³-hybridized carbons (Fsp3) is 0.692. The van der Waals surface area contributed by atoms with E-state index in [0.717, 1.165) is 37.8 Å². The lowest BCUT2D eigenvalue weighted by Gasteiger charge is -2.22. The number of nitrogens with zero attached hydrogens (tertiary/aromatic N) is 2. The van der Waals surface area contributed by atoms with E-state index in [-0.39, 0.29) is 0 Å². The summed E-state index contributed by atoms with van der Waals surface area (Å²) >= 11 is 0. The van der Waals surface area contributed by atoms with E-state index in [9.17, 15) is 0 Å². The highest BCUT2D eigenvalue weighted by molar-refractivity contribution is 5.45. The van der Waals surface area contributed by atoms with E-state index in [1.165, 1.54) is 19.3 Å². The fourth-order valence-corrected chi connectivity index (χ4v) is 2.32. The second-order valence-electron chi connectivity index (χ2n) is 5.27. The van der Waals surface area contributed by atoms with E-state index < -0.39 is 0 Å².